The van der Waals surface area contributed by atoms with Crippen molar-refractivity contribution in [2.75, 3.05) is 18.5 Å². The van der Waals surface area contributed by atoms with Crippen LogP contribution in [-0.4, -0.2) is 39.2 Å². The van der Waals surface area contributed by atoms with E-state index < -0.39 is 0 Å². The Morgan fingerprint density at radius 1 is 1.14 bits per heavy atom. The van der Waals surface area contributed by atoms with Crippen LogP contribution in [0, 0.1) is 5.82 Å². The Kier molecular flexibility index (Phi) is 4.81. The summed E-state index contributed by atoms with van der Waals surface area (Å²) in [4.78, 5) is 20.5. The molecular weight excluding hydrogens is 357 g/mol. The first-order valence-corrected chi connectivity index (χ1v) is 9.29. The summed E-state index contributed by atoms with van der Waals surface area (Å²) >= 11 is 0. The van der Waals surface area contributed by atoms with Gasteiger partial charge < -0.3 is 9.80 Å². The third-order valence-corrected chi connectivity index (χ3v) is 5.12. The number of amides is 1. The van der Waals surface area contributed by atoms with Crippen molar-refractivity contribution in [2.24, 2.45) is 0 Å². The molecule has 1 amide bonds. The van der Waals surface area contributed by atoms with Crippen molar-refractivity contribution in [1.29, 1.82) is 0 Å². The van der Waals surface area contributed by atoms with Crippen LogP contribution in [0.15, 0.2) is 48.8 Å². The molecule has 0 fully saturated rings. The first kappa shape index (κ1) is 18.2. The Labute approximate surface area is 163 Å². The zero-order valence-electron chi connectivity index (χ0n) is 16.0. The van der Waals surface area contributed by atoms with Crippen LogP contribution in [0.3, 0.4) is 0 Å². The van der Waals surface area contributed by atoms with E-state index in [1.807, 2.05) is 29.9 Å². The minimum Gasteiger partial charge on any atom is -0.346 e. The lowest BCUT2D eigenvalue weighted by Crippen LogP contribution is -2.26. The van der Waals surface area contributed by atoms with Crippen LogP contribution in [0.2, 0.25) is 0 Å². The first-order chi connectivity index (χ1) is 13.5. The molecule has 1 aliphatic rings. The summed E-state index contributed by atoms with van der Waals surface area (Å²) in [6, 6.07) is 10.2. The molecular formula is C21H22FN5O. The van der Waals surface area contributed by atoms with Gasteiger partial charge in [0.2, 0.25) is 0 Å². The summed E-state index contributed by atoms with van der Waals surface area (Å²) in [5.41, 5.74) is 3.89. The van der Waals surface area contributed by atoms with Crippen LogP contribution in [0.5, 0.6) is 0 Å². The van der Waals surface area contributed by atoms with Crippen LogP contribution in [0.4, 0.5) is 10.2 Å². The Morgan fingerprint density at radius 2 is 1.93 bits per heavy atom. The van der Waals surface area contributed by atoms with E-state index in [0.29, 0.717) is 25.2 Å². The number of carbonyl (C=O) groups is 1. The van der Waals surface area contributed by atoms with Crippen molar-refractivity contribution < 1.29 is 9.18 Å². The number of benzene rings is 1. The molecule has 144 valence electrons. The van der Waals surface area contributed by atoms with E-state index in [2.05, 4.69) is 15.0 Å². The van der Waals surface area contributed by atoms with Gasteiger partial charge in [-0.2, -0.15) is 5.10 Å². The van der Waals surface area contributed by atoms with Gasteiger partial charge in [-0.15, -0.1) is 0 Å². The molecule has 0 aliphatic carbocycles. The highest BCUT2D eigenvalue weighted by Gasteiger charge is 2.25. The minimum atomic E-state index is -0.237. The molecule has 3 aromatic rings. The first-order valence-electron chi connectivity index (χ1n) is 9.29. The molecule has 2 aromatic heterocycles. The second-order valence-corrected chi connectivity index (χ2v) is 6.98. The second kappa shape index (κ2) is 7.42. The third-order valence-electron chi connectivity index (χ3n) is 5.12. The smallest absolute Gasteiger partial charge is 0.255 e. The Morgan fingerprint density at radius 3 is 2.61 bits per heavy atom. The van der Waals surface area contributed by atoms with Gasteiger partial charge in [-0.3, -0.25) is 9.48 Å². The maximum Gasteiger partial charge on any atom is 0.255 e. The van der Waals surface area contributed by atoms with Crippen molar-refractivity contribution in [3.63, 3.8) is 0 Å². The monoisotopic (exact) mass is 379 g/mol. The molecule has 7 heteroatoms. The zero-order valence-corrected chi connectivity index (χ0v) is 16.0. The van der Waals surface area contributed by atoms with Gasteiger partial charge in [-0.1, -0.05) is 12.1 Å². The number of hydrogen-bond donors (Lipinski definition) is 0. The predicted octanol–water partition coefficient (Wildman–Crippen LogP) is 3.08. The number of hydrogen-bond acceptors (Lipinski definition) is 4. The largest absolute Gasteiger partial charge is 0.346 e. The van der Waals surface area contributed by atoms with Gasteiger partial charge in [0, 0.05) is 31.9 Å². The summed E-state index contributed by atoms with van der Waals surface area (Å²) in [5, 5.41) is 4.48. The van der Waals surface area contributed by atoms with E-state index in [4.69, 9.17) is 0 Å². The lowest BCUT2D eigenvalue weighted by Gasteiger charge is -2.18. The van der Waals surface area contributed by atoms with E-state index in [1.165, 1.54) is 12.1 Å². The molecule has 0 saturated heterocycles. The SMILES string of the molecule is CCN(C)C(=O)c1ccc(N2Cc3cnn(Cc4ccc(F)cc4)c3C2)nc1. The summed E-state index contributed by atoms with van der Waals surface area (Å²) in [5.74, 6) is 0.570. The highest BCUT2D eigenvalue weighted by molar-refractivity contribution is 5.93. The average molecular weight is 379 g/mol. The van der Waals surface area contributed by atoms with Gasteiger partial charge in [-0.05, 0) is 36.8 Å². The van der Waals surface area contributed by atoms with Crippen molar-refractivity contribution in [2.45, 2.75) is 26.6 Å². The maximum atomic E-state index is 13.1. The van der Waals surface area contributed by atoms with E-state index in [9.17, 15) is 9.18 Å². The molecule has 0 saturated carbocycles. The van der Waals surface area contributed by atoms with Gasteiger partial charge in [0.25, 0.3) is 5.91 Å². The quantitative estimate of drug-likeness (QED) is 0.684. The molecule has 0 N–H and O–H groups in total. The fourth-order valence-electron chi connectivity index (χ4n) is 3.33. The fraction of sp³-hybridized carbons (Fsp3) is 0.286. The molecule has 28 heavy (non-hydrogen) atoms. The van der Waals surface area contributed by atoms with Crippen molar-refractivity contribution in [3.05, 3.63) is 77.0 Å². The summed E-state index contributed by atoms with van der Waals surface area (Å²) < 4.78 is 15.1. The Hall–Kier alpha value is -3.22. The highest BCUT2D eigenvalue weighted by Crippen LogP contribution is 2.27. The average Bonchev–Trinajstić information content (AvgIpc) is 3.30. The number of rotatable bonds is 5. The second-order valence-electron chi connectivity index (χ2n) is 6.98. The number of fused-ring (bicyclic) bond motifs is 1. The molecule has 0 bridgehead atoms. The van der Waals surface area contributed by atoms with E-state index in [0.717, 1.165) is 29.2 Å². The Balaban J connectivity index is 1.47. The molecule has 0 unspecified atom stereocenters. The predicted molar refractivity (Wildman–Crippen MR) is 104 cm³/mol. The van der Waals surface area contributed by atoms with E-state index in [1.54, 1.807) is 30.3 Å². The van der Waals surface area contributed by atoms with Crippen molar-refractivity contribution in [3.8, 4) is 0 Å². The van der Waals surface area contributed by atoms with Gasteiger partial charge in [0.05, 0.1) is 30.5 Å². The lowest BCUT2D eigenvalue weighted by atomic mass is 10.2. The molecule has 0 atom stereocenters. The van der Waals surface area contributed by atoms with Crippen molar-refractivity contribution in [1.82, 2.24) is 19.7 Å². The topological polar surface area (TPSA) is 54.3 Å². The molecule has 6 nitrogen and oxygen atoms in total. The molecule has 1 aromatic carbocycles. The summed E-state index contributed by atoms with van der Waals surface area (Å²) in [6.07, 6.45) is 3.52. The third kappa shape index (κ3) is 3.47. The number of nitrogens with zero attached hydrogens (tertiary/aromatic N) is 5. The molecule has 1 aliphatic heterocycles. The van der Waals surface area contributed by atoms with Crippen molar-refractivity contribution >= 4 is 11.7 Å². The number of carbonyl (C=O) groups excluding carboxylic acids is 1. The maximum absolute atomic E-state index is 13.1. The number of pyridine rings is 1. The van der Waals surface area contributed by atoms with Gasteiger partial charge in [0.15, 0.2) is 0 Å². The summed E-state index contributed by atoms with van der Waals surface area (Å²) in [7, 11) is 1.78. The van der Waals surface area contributed by atoms with Crippen LogP contribution < -0.4 is 4.90 Å². The molecule has 3 heterocycles. The molecule has 4 rings (SSSR count). The van der Waals surface area contributed by atoms with Crippen LogP contribution in [0.1, 0.15) is 34.1 Å². The lowest BCUT2D eigenvalue weighted by molar-refractivity contribution is 0.0802. The van der Waals surface area contributed by atoms with Crippen LogP contribution >= 0.6 is 0 Å². The highest BCUT2D eigenvalue weighted by atomic mass is 19.1. The fourth-order valence-corrected chi connectivity index (χ4v) is 3.33. The van der Waals surface area contributed by atoms with E-state index >= 15 is 0 Å². The normalized spacial score (nSPS) is 12.9. The number of halogens is 1. The van der Waals surface area contributed by atoms with Gasteiger partial charge in [-0.25, -0.2) is 9.37 Å². The van der Waals surface area contributed by atoms with Gasteiger partial charge in [0.1, 0.15) is 11.6 Å². The Bertz CT molecular complexity index is 981. The number of anilines is 1. The van der Waals surface area contributed by atoms with E-state index in [-0.39, 0.29) is 11.7 Å². The molecule has 0 radical (unpaired) electrons. The van der Waals surface area contributed by atoms with Gasteiger partial charge >= 0.3 is 0 Å². The standard InChI is InChI=1S/C21H22FN5O/c1-3-25(2)21(28)16-6-9-20(23-10-16)26-13-17-11-24-27(19(17)14-26)12-15-4-7-18(22)8-5-15/h4-11H,3,12-14H2,1-2H3. The van der Waals surface area contributed by atoms with Crippen LogP contribution in [-0.2, 0) is 19.6 Å². The summed E-state index contributed by atoms with van der Waals surface area (Å²) in [6.45, 7) is 4.64. The van der Waals surface area contributed by atoms with Crippen LogP contribution in [0.25, 0.3) is 0 Å². The number of aromatic nitrogens is 3. The zero-order chi connectivity index (χ0) is 19.7. The molecule has 0 spiro atoms. The minimum absolute atomic E-state index is 0.0267.